The molecule has 0 aliphatic rings. The Kier molecular flexibility index (Phi) is 3.89. The van der Waals surface area contributed by atoms with Crippen molar-refractivity contribution < 1.29 is 9.84 Å². The van der Waals surface area contributed by atoms with Crippen molar-refractivity contribution in [2.75, 3.05) is 13.7 Å². The van der Waals surface area contributed by atoms with Gasteiger partial charge in [-0.2, -0.15) is 5.10 Å². The normalized spacial score (nSPS) is 10.8. The van der Waals surface area contributed by atoms with E-state index in [2.05, 4.69) is 5.10 Å². The Hall–Kier alpha value is -2.66. The lowest BCUT2D eigenvalue weighted by Crippen LogP contribution is -2.25. The van der Waals surface area contributed by atoms with Crippen molar-refractivity contribution in [1.82, 2.24) is 9.78 Å². The number of benzene rings is 2. The Balaban J connectivity index is 2.27. The molecule has 5 nitrogen and oxygen atoms in total. The molecule has 1 heterocycles. The molecule has 0 bridgehead atoms. The topological polar surface area (TPSA) is 64.3 Å². The number of hydrogen-bond acceptors (Lipinski definition) is 4. The summed E-state index contributed by atoms with van der Waals surface area (Å²) in [5.41, 5.74) is 1.41. The molecule has 0 aliphatic heterocycles. The van der Waals surface area contributed by atoms with Crippen molar-refractivity contribution in [3.05, 3.63) is 58.9 Å². The van der Waals surface area contributed by atoms with Gasteiger partial charge in [0.2, 0.25) is 0 Å². The fraction of sp³-hybridized carbons (Fsp3) is 0.176. The van der Waals surface area contributed by atoms with Crippen LogP contribution in [0.3, 0.4) is 0 Å². The number of aliphatic hydroxyl groups excluding tert-OH is 1. The molecule has 3 rings (SSSR count). The van der Waals surface area contributed by atoms with E-state index in [1.165, 1.54) is 4.68 Å². The molecule has 1 N–H and O–H groups in total. The fourth-order valence-electron chi connectivity index (χ4n) is 2.44. The summed E-state index contributed by atoms with van der Waals surface area (Å²) in [6, 6.07) is 14.9. The number of aliphatic hydroxyl groups is 1. The van der Waals surface area contributed by atoms with Gasteiger partial charge in [0.25, 0.3) is 5.56 Å². The van der Waals surface area contributed by atoms with Crippen LogP contribution in [-0.2, 0) is 6.54 Å². The molecule has 3 aromatic rings. The molecule has 0 radical (unpaired) electrons. The van der Waals surface area contributed by atoms with Crippen LogP contribution < -0.4 is 10.3 Å². The summed E-state index contributed by atoms with van der Waals surface area (Å²) >= 11 is 0. The van der Waals surface area contributed by atoms with Gasteiger partial charge in [-0.15, -0.1) is 0 Å². The number of nitrogens with zero attached hydrogens (tertiary/aromatic N) is 2. The average Bonchev–Trinajstić information content (AvgIpc) is 2.58. The molecule has 0 unspecified atom stereocenters. The standard InChI is InChI=1S/C17H16N2O3/c1-22-13-8-6-12(7-9-13)16-14-4-2-3-5-15(14)17(21)19(18-16)10-11-20/h2-9,20H,10-11H2,1H3. The highest BCUT2D eigenvalue weighted by Gasteiger charge is 2.11. The van der Waals surface area contributed by atoms with E-state index < -0.39 is 0 Å². The van der Waals surface area contributed by atoms with Gasteiger partial charge in [0.15, 0.2) is 0 Å². The summed E-state index contributed by atoms with van der Waals surface area (Å²) in [6.07, 6.45) is 0. The smallest absolute Gasteiger partial charge is 0.274 e. The van der Waals surface area contributed by atoms with Crippen molar-refractivity contribution in [3.63, 3.8) is 0 Å². The van der Waals surface area contributed by atoms with Crippen LogP contribution >= 0.6 is 0 Å². The van der Waals surface area contributed by atoms with Crippen LogP contribution in [0, 0.1) is 0 Å². The number of methoxy groups -OCH3 is 1. The molecule has 0 fully saturated rings. The van der Waals surface area contributed by atoms with Crippen LogP contribution in [0.4, 0.5) is 0 Å². The SMILES string of the molecule is COc1ccc(-c2nn(CCO)c(=O)c3ccccc23)cc1. The van der Waals surface area contributed by atoms with Crippen LogP contribution in [0.2, 0.25) is 0 Å². The zero-order valence-electron chi connectivity index (χ0n) is 12.2. The van der Waals surface area contributed by atoms with E-state index >= 15 is 0 Å². The second-order valence-corrected chi connectivity index (χ2v) is 4.87. The first kappa shape index (κ1) is 14.3. The average molecular weight is 296 g/mol. The van der Waals surface area contributed by atoms with Crippen LogP contribution in [0.1, 0.15) is 0 Å². The molecular formula is C17H16N2O3. The van der Waals surface area contributed by atoms with Crippen LogP contribution in [0.15, 0.2) is 53.3 Å². The molecule has 0 saturated heterocycles. The second-order valence-electron chi connectivity index (χ2n) is 4.87. The zero-order valence-corrected chi connectivity index (χ0v) is 12.2. The molecule has 0 saturated carbocycles. The summed E-state index contributed by atoms with van der Waals surface area (Å²) < 4.78 is 6.47. The highest BCUT2D eigenvalue weighted by atomic mass is 16.5. The lowest BCUT2D eigenvalue weighted by atomic mass is 10.0. The van der Waals surface area contributed by atoms with Crippen molar-refractivity contribution in [2.45, 2.75) is 6.54 Å². The summed E-state index contributed by atoms with van der Waals surface area (Å²) in [4.78, 5) is 12.4. The van der Waals surface area contributed by atoms with Gasteiger partial charge in [-0.25, -0.2) is 4.68 Å². The minimum atomic E-state index is -0.193. The van der Waals surface area contributed by atoms with Crippen molar-refractivity contribution in [2.24, 2.45) is 0 Å². The minimum absolute atomic E-state index is 0.132. The number of hydrogen-bond donors (Lipinski definition) is 1. The maximum atomic E-state index is 12.4. The maximum absolute atomic E-state index is 12.4. The van der Waals surface area contributed by atoms with Crippen LogP contribution in [-0.4, -0.2) is 28.6 Å². The van der Waals surface area contributed by atoms with E-state index in [1.54, 1.807) is 13.2 Å². The van der Waals surface area contributed by atoms with Gasteiger partial charge in [-0.1, -0.05) is 18.2 Å². The van der Waals surface area contributed by atoms with Gasteiger partial charge in [-0.05, 0) is 30.3 Å². The molecule has 0 amide bonds. The largest absolute Gasteiger partial charge is 0.497 e. The van der Waals surface area contributed by atoms with Gasteiger partial charge >= 0.3 is 0 Å². The van der Waals surface area contributed by atoms with E-state index in [9.17, 15) is 4.79 Å². The molecule has 112 valence electrons. The second kappa shape index (κ2) is 5.99. The summed E-state index contributed by atoms with van der Waals surface area (Å²) in [6.45, 7) is 0.0418. The number of fused-ring (bicyclic) bond motifs is 1. The highest BCUT2D eigenvalue weighted by molar-refractivity contribution is 5.93. The summed E-state index contributed by atoms with van der Waals surface area (Å²) in [5.74, 6) is 0.761. The predicted octanol–water partition coefficient (Wildman–Crippen LogP) is 2.06. The third-order valence-corrected chi connectivity index (χ3v) is 3.54. The van der Waals surface area contributed by atoms with Crippen molar-refractivity contribution >= 4 is 10.8 Å². The number of rotatable bonds is 4. The van der Waals surface area contributed by atoms with E-state index in [0.29, 0.717) is 11.1 Å². The minimum Gasteiger partial charge on any atom is -0.497 e. The highest BCUT2D eigenvalue weighted by Crippen LogP contribution is 2.26. The van der Waals surface area contributed by atoms with Gasteiger partial charge in [0.05, 0.1) is 31.3 Å². The van der Waals surface area contributed by atoms with Gasteiger partial charge in [0, 0.05) is 10.9 Å². The van der Waals surface area contributed by atoms with E-state index in [4.69, 9.17) is 9.84 Å². The summed E-state index contributed by atoms with van der Waals surface area (Å²) in [5, 5.41) is 14.9. The lowest BCUT2D eigenvalue weighted by molar-refractivity contribution is 0.267. The molecule has 1 aromatic heterocycles. The quantitative estimate of drug-likeness (QED) is 0.800. The Morgan fingerprint density at radius 1 is 1.09 bits per heavy atom. The first-order valence-electron chi connectivity index (χ1n) is 6.99. The summed E-state index contributed by atoms with van der Waals surface area (Å²) in [7, 11) is 1.62. The van der Waals surface area contributed by atoms with Gasteiger partial charge < -0.3 is 9.84 Å². The lowest BCUT2D eigenvalue weighted by Gasteiger charge is -2.10. The van der Waals surface area contributed by atoms with E-state index in [1.807, 2.05) is 42.5 Å². The van der Waals surface area contributed by atoms with Crippen molar-refractivity contribution in [1.29, 1.82) is 0 Å². The Morgan fingerprint density at radius 3 is 2.41 bits per heavy atom. The molecule has 0 spiro atoms. The Morgan fingerprint density at radius 2 is 1.77 bits per heavy atom. The fourth-order valence-corrected chi connectivity index (χ4v) is 2.44. The molecule has 0 aliphatic carbocycles. The predicted molar refractivity (Wildman–Crippen MR) is 85.1 cm³/mol. The number of ether oxygens (including phenoxy) is 1. The van der Waals surface area contributed by atoms with Crippen LogP contribution in [0.5, 0.6) is 5.75 Å². The molecule has 22 heavy (non-hydrogen) atoms. The third kappa shape index (κ3) is 2.46. The molecule has 0 atom stereocenters. The zero-order chi connectivity index (χ0) is 15.5. The first-order valence-corrected chi connectivity index (χ1v) is 6.99. The van der Waals surface area contributed by atoms with Gasteiger partial charge in [-0.3, -0.25) is 4.79 Å². The first-order chi connectivity index (χ1) is 10.7. The molecular weight excluding hydrogens is 280 g/mol. The Bertz CT molecular complexity index is 854. The van der Waals surface area contributed by atoms with E-state index in [-0.39, 0.29) is 18.7 Å². The van der Waals surface area contributed by atoms with Crippen LogP contribution in [0.25, 0.3) is 22.0 Å². The monoisotopic (exact) mass is 296 g/mol. The van der Waals surface area contributed by atoms with Gasteiger partial charge in [0.1, 0.15) is 5.75 Å². The third-order valence-electron chi connectivity index (χ3n) is 3.54. The van der Waals surface area contributed by atoms with Crippen molar-refractivity contribution in [3.8, 4) is 17.0 Å². The molecule has 5 heteroatoms. The number of aromatic nitrogens is 2. The molecule has 2 aromatic carbocycles. The maximum Gasteiger partial charge on any atom is 0.274 e. The van der Waals surface area contributed by atoms with E-state index in [0.717, 1.165) is 16.7 Å². The Labute approximate surface area is 127 Å².